The van der Waals surface area contributed by atoms with Gasteiger partial charge in [-0.25, -0.2) is 4.98 Å². The third-order valence-corrected chi connectivity index (χ3v) is 6.28. The first-order valence-electron chi connectivity index (χ1n) is 11.5. The Hall–Kier alpha value is -3.54. The van der Waals surface area contributed by atoms with Gasteiger partial charge in [0.2, 0.25) is 5.95 Å². The maximum absolute atomic E-state index is 14.8. The lowest BCUT2D eigenvalue weighted by atomic mass is 10.1. The summed E-state index contributed by atoms with van der Waals surface area (Å²) in [6.45, 7) is -0.0688. The van der Waals surface area contributed by atoms with E-state index in [-0.39, 0.29) is 29.4 Å². The van der Waals surface area contributed by atoms with E-state index in [9.17, 15) is 18.4 Å². The van der Waals surface area contributed by atoms with Gasteiger partial charge in [-0.15, -0.1) is 0 Å². The number of amides is 2. The molecule has 1 aliphatic carbocycles. The van der Waals surface area contributed by atoms with Gasteiger partial charge < -0.3 is 30.9 Å². The van der Waals surface area contributed by atoms with Crippen molar-refractivity contribution in [2.75, 3.05) is 48.9 Å². The number of ether oxygens (including phenoxy) is 1. The molecule has 10 nitrogen and oxygen atoms in total. The third-order valence-electron chi connectivity index (χ3n) is 6.28. The van der Waals surface area contributed by atoms with Crippen LogP contribution in [0.5, 0.6) is 5.75 Å². The molecule has 12 heteroatoms. The van der Waals surface area contributed by atoms with E-state index < -0.39 is 18.4 Å². The average molecular weight is 490 g/mol. The van der Waals surface area contributed by atoms with Crippen molar-refractivity contribution in [2.45, 2.75) is 37.6 Å². The maximum Gasteiger partial charge on any atom is 0.342 e. The Labute approximate surface area is 201 Å². The van der Waals surface area contributed by atoms with Crippen LogP contribution in [0, 0.1) is 0 Å². The largest absolute Gasteiger partial charge is 0.495 e. The van der Waals surface area contributed by atoms with Crippen LogP contribution in [0.4, 0.5) is 31.9 Å². The molecule has 188 valence electrons. The number of nitrogens with two attached hydrogens (primary N) is 1. The van der Waals surface area contributed by atoms with Gasteiger partial charge in [-0.1, -0.05) is 12.8 Å². The summed E-state index contributed by atoms with van der Waals surface area (Å²) in [5, 5.41) is 5.74. The van der Waals surface area contributed by atoms with Gasteiger partial charge in [0.05, 0.1) is 25.5 Å². The molecule has 2 amide bonds. The molecule has 2 aliphatic rings. The summed E-state index contributed by atoms with van der Waals surface area (Å²) in [5.41, 5.74) is 6.53. The van der Waals surface area contributed by atoms with Gasteiger partial charge >= 0.3 is 5.92 Å². The van der Waals surface area contributed by atoms with Gasteiger partial charge in [-0.2, -0.15) is 13.8 Å². The van der Waals surface area contributed by atoms with E-state index in [0.29, 0.717) is 30.1 Å². The van der Waals surface area contributed by atoms with Crippen LogP contribution in [0.3, 0.4) is 0 Å². The predicted octanol–water partition coefficient (Wildman–Crippen LogP) is 2.28. The third kappa shape index (κ3) is 4.97. The number of aromatic nitrogens is 2. The Morgan fingerprint density at radius 3 is 2.74 bits per heavy atom. The number of carbonyl (C=O) groups is 2. The minimum Gasteiger partial charge on any atom is -0.495 e. The normalized spacial score (nSPS) is 17.7. The van der Waals surface area contributed by atoms with E-state index in [4.69, 9.17) is 10.5 Å². The number of anilines is 4. The molecule has 0 bridgehead atoms. The number of methoxy groups -OCH3 is 1. The van der Waals surface area contributed by atoms with Gasteiger partial charge in [-0.05, 0) is 31.0 Å². The van der Waals surface area contributed by atoms with Crippen molar-refractivity contribution < 1.29 is 23.1 Å². The lowest BCUT2D eigenvalue weighted by Crippen LogP contribution is -2.48. The first-order valence-corrected chi connectivity index (χ1v) is 11.5. The predicted molar refractivity (Wildman–Crippen MR) is 128 cm³/mol. The number of hydrogen-bond donors (Lipinski definition) is 3. The molecule has 1 saturated carbocycles. The number of benzene rings is 1. The van der Waals surface area contributed by atoms with Gasteiger partial charge in [0.1, 0.15) is 11.4 Å². The SMILES string of the molecule is COc1cc(C(=O)NCCN)ccc1Nc1ncc2c(n1)N(C1CCCC1)CC(F)(F)C(=O)N2C. The van der Waals surface area contributed by atoms with Crippen LogP contribution in [0.2, 0.25) is 0 Å². The molecule has 2 heterocycles. The first kappa shape index (κ1) is 24.6. The van der Waals surface area contributed by atoms with Crippen LogP contribution >= 0.6 is 0 Å². The lowest BCUT2D eigenvalue weighted by Gasteiger charge is -2.31. The number of nitrogens with one attached hydrogen (secondary N) is 2. The average Bonchev–Trinajstić information content (AvgIpc) is 3.37. The minimum atomic E-state index is -3.55. The van der Waals surface area contributed by atoms with Crippen LogP contribution in [0.25, 0.3) is 0 Å². The van der Waals surface area contributed by atoms with E-state index in [0.717, 1.165) is 30.6 Å². The highest BCUT2D eigenvalue weighted by molar-refractivity contribution is 6.02. The molecule has 1 aliphatic heterocycles. The molecule has 4 N–H and O–H groups in total. The molecule has 0 saturated heterocycles. The highest BCUT2D eigenvalue weighted by Gasteiger charge is 2.48. The standard InChI is InChI=1S/C23H29F2N7O3/c1-31-17-12-28-22(29-16-8-7-14(11-18(16)35-2)20(33)27-10-9-26)30-19(17)32(15-5-3-4-6-15)13-23(24,25)21(31)34/h7-8,11-12,15H,3-6,9-10,13,26H2,1-2H3,(H,27,33)(H,28,29,30). The zero-order chi connectivity index (χ0) is 25.2. The summed E-state index contributed by atoms with van der Waals surface area (Å²) in [5.74, 6) is -4.32. The van der Waals surface area contributed by atoms with E-state index in [2.05, 4.69) is 20.6 Å². The van der Waals surface area contributed by atoms with Crippen LogP contribution in [-0.2, 0) is 4.79 Å². The van der Waals surface area contributed by atoms with E-state index in [1.54, 1.807) is 23.1 Å². The second kappa shape index (κ2) is 9.98. The molecular formula is C23H29F2N7O3. The summed E-state index contributed by atoms with van der Waals surface area (Å²) >= 11 is 0. The number of halogens is 2. The monoisotopic (exact) mass is 489 g/mol. The zero-order valence-electron chi connectivity index (χ0n) is 19.7. The fraction of sp³-hybridized carbons (Fsp3) is 0.478. The lowest BCUT2D eigenvalue weighted by molar-refractivity contribution is -0.140. The molecule has 0 unspecified atom stereocenters. The summed E-state index contributed by atoms with van der Waals surface area (Å²) in [6, 6.07) is 4.68. The number of carbonyl (C=O) groups excluding carboxylic acids is 2. The number of hydrogen-bond acceptors (Lipinski definition) is 8. The zero-order valence-corrected chi connectivity index (χ0v) is 19.7. The molecule has 1 aromatic carbocycles. The highest BCUT2D eigenvalue weighted by atomic mass is 19.3. The molecule has 0 spiro atoms. The number of alkyl halides is 2. The van der Waals surface area contributed by atoms with Crippen molar-refractivity contribution in [3.05, 3.63) is 30.0 Å². The molecule has 1 aromatic heterocycles. The van der Waals surface area contributed by atoms with Crippen molar-refractivity contribution in [2.24, 2.45) is 5.73 Å². The quantitative estimate of drug-likeness (QED) is 0.541. The second-order valence-electron chi connectivity index (χ2n) is 8.62. The Morgan fingerprint density at radius 2 is 2.06 bits per heavy atom. The number of fused-ring (bicyclic) bond motifs is 1. The summed E-state index contributed by atoms with van der Waals surface area (Å²) in [7, 11) is 2.77. The number of rotatable bonds is 7. The minimum absolute atomic E-state index is 0.137. The van der Waals surface area contributed by atoms with Crippen molar-refractivity contribution in [3.63, 3.8) is 0 Å². The van der Waals surface area contributed by atoms with Crippen LogP contribution in [0.15, 0.2) is 24.4 Å². The van der Waals surface area contributed by atoms with E-state index in [1.807, 2.05) is 0 Å². The second-order valence-corrected chi connectivity index (χ2v) is 8.62. The van der Waals surface area contributed by atoms with Crippen molar-refractivity contribution >= 4 is 35.0 Å². The Kier molecular flexibility index (Phi) is 7.01. The van der Waals surface area contributed by atoms with Gasteiger partial charge in [0, 0.05) is 31.7 Å². The fourth-order valence-corrected chi connectivity index (χ4v) is 4.45. The van der Waals surface area contributed by atoms with E-state index >= 15 is 0 Å². The fourth-order valence-electron chi connectivity index (χ4n) is 4.45. The molecular weight excluding hydrogens is 460 g/mol. The Morgan fingerprint density at radius 1 is 1.31 bits per heavy atom. The highest BCUT2D eigenvalue weighted by Crippen LogP contribution is 2.40. The van der Waals surface area contributed by atoms with Crippen LogP contribution in [-0.4, -0.2) is 67.5 Å². The smallest absolute Gasteiger partial charge is 0.342 e. The summed E-state index contributed by atoms with van der Waals surface area (Å²) < 4.78 is 34.9. The molecule has 2 aromatic rings. The Balaban J connectivity index is 1.67. The molecule has 1 fully saturated rings. The summed E-state index contributed by atoms with van der Waals surface area (Å²) in [4.78, 5) is 35.9. The number of nitrogens with zero attached hydrogens (tertiary/aromatic N) is 4. The van der Waals surface area contributed by atoms with Crippen LogP contribution < -0.4 is 30.9 Å². The van der Waals surface area contributed by atoms with Crippen LogP contribution in [0.1, 0.15) is 36.0 Å². The van der Waals surface area contributed by atoms with Gasteiger partial charge in [0.15, 0.2) is 5.82 Å². The van der Waals surface area contributed by atoms with Gasteiger partial charge in [-0.3, -0.25) is 9.59 Å². The topological polar surface area (TPSA) is 126 Å². The Bertz CT molecular complexity index is 1110. The van der Waals surface area contributed by atoms with Crippen molar-refractivity contribution in [1.29, 1.82) is 0 Å². The molecule has 4 rings (SSSR count). The molecule has 35 heavy (non-hydrogen) atoms. The molecule has 0 radical (unpaired) electrons. The first-order chi connectivity index (χ1) is 16.7. The van der Waals surface area contributed by atoms with E-state index in [1.165, 1.54) is 20.4 Å². The van der Waals surface area contributed by atoms with Gasteiger partial charge in [0.25, 0.3) is 11.8 Å². The summed E-state index contributed by atoms with van der Waals surface area (Å²) in [6.07, 6.45) is 4.74. The van der Waals surface area contributed by atoms with Crippen molar-refractivity contribution in [1.82, 2.24) is 15.3 Å². The molecule has 0 atom stereocenters. The maximum atomic E-state index is 14.8. The van der Waals surface area contributed by atoms with Crippen molar-refractivity contribution in [3.8, 4) is 5.75 Å².